The van der Waals surface area contributed by atoms with E-state index in [2.05, 4.69) is 240 Å². The van der Waals surface area contributed by atoms with Crippen LogP contribution in [0, 0.1) is 0 Å². The van der Waals surface area contributed by atoms with Crippen LogP contribution in [0.1, 0.15) is 22.8 Å². The number of nitrogens with one attached hydrogen (secondary N) is 2. The second kappa shape index (κ2) is 20.3. The highest BCUT2D eigenvalue weighted by molar-refractivity contribution is 6.00. The predicted octanol–water partition coefficient (Wildman–Crippen LogP) is 0.126. The normalized spacial score (nSPS) is 12.4. The van der Waals surface area contributed by atoms with Crippen LogP contribution in [0.25, 0.3) is 90.9 Å². The van der Waals surface area contributed by atoms with E-state index in [4.69, 9.17) is 9.97 Å². The minimum Gasteiger partial charge on any atom is -1.00 e. The van der Waals surface area contributed by atoms with E-state index in [9.17, 15) is 0 Å². The van der Waals surface area contributed by atoms with Gasteiger partial charge in [0.05, 0.1) is 107 Å². The van der Waals surface area contributed by atoms with Gasteiger partial charge in [0.2, 0.25) is 0 Å². The lowest BCUT2D eigenvalue weighted by Crippen LogP contribution is -3.00. The fourth-order valence-electron chi connectivity index (χ4n) is 8.72. The first-order valence-electron chi connectivity index (χ1n) is 22.1. The average Bonchev–Trinajstić information content (AvgIpc) is 4.08. The Labute approximate surface area is 444 Å². The van der Waals surface area contributed by atoms with Crippen molar-refractivity contribution in [2.75, 3.05) is 84.6 Å². The number of aromatic amines is 2. The van der Waals surface area contributed by atoms with Gasteiger partial charge in [-0.05, 0) is 168 Å². The van der Waals surface area contributed by atoms with E-state index in [0.29, 0.717) is 0 Å². The molecule has 4 aromatic carbocycles. The molecular weight excluding hydrogens is 1100 g/mol. The quantitative estimate of drug-likeness (QED) is 0.213. The Hall–Kier alpha value is -4.76. The summed E-state index contributed by atoms with van der Waals surface area (Å²) in [5.41, 5.74) is 20.9. The lowest BCUT2D eigenvalue weighted by molar-refractivity contribution is -0.00100. The van der Waals surface area contributed by atoms with Crippen molar-refractivity contribution < 1.29 is 67.9 Å². The summed E-state index contributed by atoms with van der Waals surface area (Å²) in [6.45, 7) is 0. The van der Waals surface area contributed by atoms with Gasteiger partial charge >= 0.3 is 0 Å². The van der Waals surface area contributed by atoms with Crippen LogP contribution in [0.2, 0.25) is 0 Å². The van der Waals surface area contributed by atoms with Crippen LogP contribution in [0.5, 0.6) is 0 Å². The topological polar surface area (TPSA) is 57.4 Å². The molecule has 0 radical (unpaired) electrons. The van der Waals surface area contributed by atoms with E-state index in [1.54, 1.807) is 0 Å². The number of quaternary nitrogens is 4. The zero-order valence-electron chi connectivity index (χ0n) is 41.1. The van der Waals surface area contributed by atoms with E-state index >= 15 is 0 Å². The Morgan fingerprint density at radius 1 is 0.265 bits per heavy atom. The Kier molecular flexibility index (Phi) is 16.2. The van der Waals surface area contributed by atoms with Gasteiger partial charge in [-0.1, -0.05) is 0 Å². The Balaban J connectivity index is 0.00000216. The van der Waals surface area contributed by atoms with Crippen molar-refractivity contribution >= 4 is 69.1 Å². The molecule has 0 unspecified atom stereocenters. The first kappa shape index (κ1) is 54.2. The number of halogens is 4. The molecule has 0 aliphatic carbocycles. The number of hydrogen-bond acceptors (Lipinski definition) is 2. The molecule has 5 heterocycles. The molecule has 354 valence electrons. The standard InChI is InChI=1S/C56H62N8.4BrH/c1-61(2,3)41-21-13-37(14-22-41)53-45-29-31-47(57-45)54(38-15-23-42(24-16-38)62(4,5)6)49-33-35-51(59-49)56(40-19-27-44(28-20-40)64(10,11)12)52-36-34-50(60-52)55(48-32-30-46(53)58-48)39-17-25-43(26-18-39)63(7,8)9;;;;/h13-36,57,60H,1-12H3;4*1H/q+4;;;;/p-4. The summed E-state index contributed by atoms with van der Waals surface area (Å²) < 4.78 is 2.91. The third-order valence-electron chi connectivity index (χ3n) is 12.5. The molecule has 0 atom stereocenters. The number of aromatic nitrogens is 4. The van der Waals surface area contributed by atoms with Crippen LogP contribution in [0.3, 0.4) is 0 Å². The second-order valence-corrected chi connectivity index (χ2v) is 20.7. The SMILES string of the molecule is C[N+](C)(C)c1ccc(-c2c3nc(c(-c4ccc([N+](C)(C)C)cc4)c4ccc([nH]4)c(-c4ccc([N+](C)(C)C)cc4)c4nc(c(-c5ccc([N+](C)(C)C)cc5)c5ccc2[nH]5)C=C4)C=C3)cc1.[Br-].[Br-].[Br-].[Br-]. The van der Waals surface area contributed by atoms with Crippen LogP contribution in [-0.2, 0) is 0 Å². The first-order chi connectivity index (χ1) is 30.2. The second-order valence-electron chi connectivity index (χ2n) is 20.7. The highest BCUT2D eigenvalue weighted by atomic mass is 79.9. The van der Waals surface area contributed by atoms with Gasteiger partial charge < -0.3 is 77.9 Å². The molecule has 0 saturated heterocycles. The molecule has 0 spiro atoms. The monoisotopic (exact) mass is 1160 g/mol. The molecule has 0 amide bonds. The number of nitrogens with zero attached hydrogens (tertiary/aromatic N) is 6. The highest BCUT2D eigenvalue weighted by Gasteiger charge is 2.22. The lowest BCUT2D eigenvalue weighted by atomic mass is 10.0. The van der Waals surface area contributed by atoms with E-state index in [0.717, 1.165) is 107 Å². The van der Waals surface area contributed by atoms with Gasteiger partial charge in [-0.25, -0.2) is 9.97 Å². The summed E-state index contributed by atoms with van der Waals surface area (Å²) in [5, 5.41) is 0. The smallest absolute Gasteiger partial charge is 0.132 e. The van der Waals surface area contributed by atoms with Crippen molar-refractivity contribution in [2.45, 2.75) is 0 Å². The number of rotatable bonds is 8. The van der Waals surface area contributed by atoms with E-state index in [-0.39, 0.29) is 67.9 Å². The molecule has 2 aliphatic rings. The molecule has 12 heteroatoms. The maximum Gasteiger partial charge on any atom is 0.132 e. The largest absolute Gasteiger partial charge is 1.00 e. The van der Waals surface area contributed by atoms with Crippen molar-refractivity contribution in [3.05, 3.63) is 144 Å². The Morgan fingerprint density at radius 3 is 0.603 bits per heavy atom. The van der Waals surface area contributed by atoms with Crippen LogP contribution >= 0.6 is 0 Å². The minimum absolute atomic E-state index is 0. The maximum atomic E-state index is 5.54. The molecule has 9 rings (SSSR count). The summed E-state index contributed by atoms with van der Waals surface area (Å²) in [6, 6.07) is 44.5. The van der Waals surface area contributed by atoms with Crippen LogP contribution < -0.4 is 85.9 Å². The molecule has 2 N–H and O–H groups in total. The molecular formula is C56H62Br4N8. The first-order valence-corrected chi connectivity index (χ1v) is 22.1. The van der Waals surface area contributed by atoms with Crippen molar-refractivity contribution in [1.29, 1.82) is 0 Å². The average molecular weight is 1170 g/mol. The van der Waals surface area contributed by atoms with Gasteiger partial charge in [0.15, 0.2) is 0 Å². The molecule has 8 nitrogen and oxygen atoms in total. The highest BCUT2D eigenvalue weighted by Crippen LogP contribution is 2.40. The molecule has 7 aromatic rings. The molecule has 2 aliphatic heterocycles. The van der Waals surface area contributed by atoms with E-state index in [1.807, 2.05) is 0 Å². The van der Waals surface area contributed by atoms with Gasteiger partial charge in [0.25, 0.3) is 0 Å². The number of fused-ring (bicyclic) bond motifs is 8. The minimum atomic E-state index is 0. The van der Waals surface area contributed by atoms with Gasteiger partial charge in [0, 0.05) is 44.3 Å². The summed E-state index contributed by atoms with van der Waals surface area (Å²) in [4.78, 5) is 18.9. The van der Waals surface area contributed by atoms with Crippen molar-refractivity contribution in [1.82, 2.24) is 37.9 Å². The zero-order valence-corrected chi connectivity index (χ0v) is 47.4. The fourth-order valence-corrected chi connectivity index (χ4v) is 8.72. The fraction of sp³-hybridized carbons (Fsp3) is 0.214. The summed E-state index contributed by atoms with van der Waals surface area (Å²) in [6.07, 6.45) is 8.69. The Bertz CT molecular complexity index is 2740. The van der Waals surface area contributed by atoms with Gasteiger partial charge in [-0.15, -0.1) is 0 Å². The zero-order chi connectivity index (χ0) is 45.3. The predicted molar refractivity (Wildman–Crippen MR) is 279 cm³/mol. The Morgan fingerprint density at radius 2 is 0.441 bits per heavy atom. The van der Waals surface area contributed by atoms with Gasteiger partial charge in [-0.2, -0.15) is 0 Å². The summed E-state index contributed by atoms with van der Waals surface area (Å²) in [7, 11) is 26.4. The number of H-pyrrole nitrogens is 2. The molecule has 8 bridgehead atoms. The molecule has 3 aromatic heterocycles. The van der Waals surface area contributed by atoms with Gasteiger partial charge in [-0.3, -0.25) is 17.9 Å². The lowest BCUT2D eigenvalue weighted by Gasteiger charge is -2.23. The molecule has 0 fully saturated rings. The van der Waals surface area contributed by atoms with Gasteiger partial charge in [0.1, 0.15) is 22.7 Å². The van der Waals surface area contributed by atoms with E-state index in [1.165, 1.54) is 22.7 Å². The summed E-state index contributed by atoms with van der Waals surface area (Å²) in [5.74, 6) is 0. The van der Waals surface area contributed by atoms with Crippen molar-refractivity contribution in [3.63, 3.8) is 0 Å². The molecule has 0 saturated carbocycles. The van der Waals surface area contributed by atoms with Crippen molar-refractivity contribution in [3.8, 4) is 44.5 Å². The van der Waals surface area contributed by atoms with Crippen molar-refractivity contribution in [2.24, 2.45) is 0 Å². The van der Waals surface area contributed by atoms with Crippen LogP contribution in [-0.4, -0.2) is 105 Å². The number of benzene rings is 4. The summed E-state index contributed by atoms with van der Waals surface area (Å²) >= 11 is 0. The van der Waals surface area contributed by atoms with Crippen LogP contribution in [0.15, 0.2) is 121 Å². The molecule has 68 heavy (non-hydrogen) atoms. The number of hydrogen-bond donors (Lipinski definition) is 2. The maximum absolute atomic E-state index is 5.54. The third-order valence-corrected chi connectivity index (χ3v) is 12.5. The third kappa shape index (κ3) is 10.8. The van der Waals surface area contributed by atoms with Crippen LogP contribution in [0.4, 0.5) is 22.7 Å². The van der Waals surface area contributed by atoms with E-state index < -0.39 is 0 Å².